The molecule has 1 saturated heterocycles. The SMILES string of the molecule is Cc1ccc(C2(O)CCN(C(=O)Cc3cc(C)no3)CC2)nc1. The van der Waals surface area contributed by atoms with E-state index in [2.05, 4.69) is 10.1 Å². The predicted octanol–water partition coefficient (Wildman–Crippen LogP) is 1.74. The number of piperidine rings is 1. The second-order valence-corrected chi connectivity index (χ2v) is 6.24. The van der Waals surface area contributed by atoms with Gasteiger partial charge in [0.1, 0.15) is 11.4 Å². The maximum atomic E-state index is 12.3. The third kappa shape index (κ3) is 3.42. The third-order valence-corrected chi connectivity index (χ3v) is 4.33. The minimum absolute atomic E-state index is 0.0000605. The van der Waals surface area contributed by atoms with Crippen molar-refractivity contribution >= 4 is 5.91 Å². The molecule has 3 rings (SSSR count). The van der Waals surface area contributed by atoms with Gasteiger partial charge < -0.3 is 14.5 Å². The first-order valence-electron chi connectivity index (χ1n) is 7.82. The van der Waals surface area contributed by atoms with Crippen LogP contribution in [0.5, 0.6) is 0 Å². The van der Waals surface area contributed by atoms with E-state index < -0.39 is 5.60 Å². The number of rotatable bonds is 3. The van der Waals surface area contributed by atoms with Crippen LogP contribution in [-0.4, -0.2) is 39.1 Å². The highest BCUT2D eigenvalue weighted by Crippen LogP contribution is 2.31. The van der Waals surface area contributed by atoms with E-state index in [9.17, 15) is 9.90 Å². The molecule has 1 aliphatic rings. The predicted molar refractivity (Wildman–Crippen MR) is 83.6 cm³/mol. The largest absolute Gasteiger partial charge is 0.383 e. The first-order valence-corrected chi connectivity index (χ1v) is 7.82. The lowest BCUT2D eigenvalue weighted by Crippen LogP contribution is -2.46. The average molecular weight is 315 g/mol. The van der Waals surface area contributed by atoms with E-state index in [4.69, 9.17) is 4.52 Å². The maximum Gasteiger partial charge on any atom is 0.230 e. The van der Waals surface area contributed by atoms with E-state index in [1.165, 1.54) is 0 Å². The van der Waals surface area contributed by atoms with Crippen molar-refractivity contribution in [3.05, 3.63) is 47.1 Å². The molecule has 3 heterocycles. The molecule has 6 heteroatoms. The van der Waals surface area contributed by atoms with Crippen LogP contribution in [0.15, 0.2) is 28.9 Å². The molecule has 0 aliphatic carbocycles. The summed E-state index contributed by atoms with van der Waals surface area (Å²) in [5.74, 6) is 0.577. The fraction of sp³-hybridized carbons (Fsp3) is 0.471. The Morgan fingerprint density at radius 1 is 1.35 bits per heavy atom. The van der Waals surface area contributed by atoms with Gasteiger partial charge in [-0.1, -0.05) is 11.2 Å². The zero-order valence-electron chi connectivity index (χ0n) is 13.5. The van der Waals surface area contributed by atoms with Crippen LogP contribution >= 0.6 is 0 Å². The van der Waals surface area contributed by atoms with Crippen molar-refractivity contribution < 1.29 is 14.4 Å². The lowest BCUT2D eigenvalue weighted by Gasteiger charge is -2.37. The summed E-state index contributed by atoms with van der Waals surface area (Å²) in [7, 11) is 0. The van der Waals surface area contributed by atoms with Gasteiger partial charge >= 0.3 is 0 Å². The van der Waals surface area contributed by atoms with E-state index >= 15 is 0 Å². The summed E-state index contributed by atoms with van der Waals surface area (Å²) in [5, 5.41) is 14.6. The van der Waals surface area contributed by atoms with Crippen LogP contribution in [0.25, 0.3) is 0 Å². The maximum absolute atomic E-state index is 12.3. The van der Waals surface area contributed by atoms with Gasteiger partial charge in [0.25, 0.3) is 0 Å². The first kappa shape index (κ1) is 15.7. The van der Waals surface area contributed by atoms with Crippen molar-refractivity contribution in [3.63, 3.8) is 0 Å². The van der Waals surface area contributed by atoms with Crippen molar-refractivity contribution in [2.45, 2.75) is 38.7 Å². The lowest BCUT2D eigenvalue weighted by atomic mass is 9.87. The molecule has 1 N–H and O–H groups in total. The smallest absolute Gasteiger partial charge is 0.230 e. The number of hydrogen-bond donors (Lipinski definition) is 1. The molecule has 122 valence electrons. The van der Waals surface area contributed by atoms with Crippen LogP contribution in [0, 0.1) is 13.8 Å². The number of aryl methyl sites for hydroxylation is 2. The molecule has 0 aromatic carbocycles. The molecule has 0 bridgehead atoms. The van der Waals surface area contributed by atoms with Gasteiger partial charge in [0.15, 0.2) is 0 Å². The second-order valence-electron chi connectivity index (χ2n) is 6.24. The number of hydrogen-bond acceptors (Lipinski definition) is 5. The highest BCUT2D eigenvalue weighted by atomic mass is 16.5. The van der Waals surface area contributed by atoms with E-state index in [1.54, 1.807) is 17.2 Å². The Morgan fingerprint density at radius 2 is 2.09 bits per heavy atom. The van der Waals surface area contributed by atoms with E-state index in [0.29, 0.717) is 37.4 Å². The summed E-state index contributed by atoms with van der Waals surface area (Å²) in [6.07, 6.45) is 2.95. The van der Waals surface area contributed by atoms with Crippen LogP contribution in [-0.2, 0) is 16.8 Å². The molecular formula is C17H21N3O3. The first-order chi connectivity index (χ1) is 11.0. The Bertz CT molecular complexity index is 685. The molecule has 0 spiro atoms. The fourth-order valence-electron chi connectivity index (χ4n) is 2.89. The highest BCUT2D eigenvalue weighted by Gasteiger charge is 2.36. The molecule has 1 amide bonds. The number of aliphatic hydroxyl groups is 1. The average Bonchev–Trinajstić information content (AvgIpc) is 2.93. The molecule has 0 saturated carbocycles. The fourth-order valence-corrected chi connectivity index (χ4v) is 2.89. The van der Waals surface area contributed by atoms with Crippen molar-refractivity contribution in [3.8, 4) is 0 Å². The summed E-state index contributed by atoms with van der Waals surface area (Å²) in [4.78, 5) is 18.4. The van der Waals surface area contributed by atoms with Crippen LogP contribution in [0.2, 0.25) is 0 Å². The number of aromatic nitrogens is 2. The Balaban J connectivity index is 1.61. The van der Waals surface area contributed by atoms with E-state index in [1.807, 2.05) is 26.0 Å². The minimum atomic E-state index is -0.951. The normalized spacial score (nSPS) is 17.3. The van der Waals surface area contributed by atoms with Crippen LogP contribution in [0.1, 0.15) is 35.6 Å². The van der Waals surface area contributed by atoms with Gasteiger partial charge in [0.05, 0.1) is 17.8 Å². The molecule has 6 nitrogen and oxygen atoms in total. The summed E-state index contributed by atoms with van der Waals surface area (Å²) in [6, 6.07) is 5.59. The van der Waals surface area contributed by atoms with Gasteiger partial charge in [-0.2, -0.15) is 0 Å². The Morgan fingerprint density at radius 3 is 2.65 bits per heavy atom. The quantitative estimate of drug-likeness (QED) is 0.933. The van der Waals surface area contributed by atoms with Crippen molar-refractivity contribution in [1.29, 1.82) is 0 Å². The zero-order chi connectivity index (χ0) is 16.4. The standard InChI is InChI=1S/C17H21N3O3/c1-12-3-4-15(18-11-12)17(22)5-7-20(8-6-17)16(21)10-14-9-13(2)19-23-14/h3-4,9,11,22H,5-8,10H2,1-2H3. The summed E-state index contributed by atoms with van der Waals surface area (Å²) < 4.78 is 5.09. The lowest BCUT2D eigenvalue weighted by molar-refractivity contribution is -0.135. The Hall–Kier alpha value is -2.21. The van der Waals surface area contributed by atoms with Gasteiger partial charge in [0, 0.05) is 25.4 Å². The monoisotopic (exact) mass is 315 g/mol. The number of carbonyl (C=O) groups excluding carboxylic acids is 1. The minimum Gasteiger partial charge on any atom is -0.383 e. The molecule has 0 unspecified atom stereocenters. The van der Waals surface area contributed by atoms with Gasteiger partial charge in [-0.15, -0.1) is 0 Å². The van der Waals surface area contributed by atoms with Gasteiger partial charge in [-0.25, -0.2) is 0 Å². The number of pyridine rings is 1. The molecule has 0 radical (unpaired) electrons. The van der Waals surface area contributed by atoms with Crippen LogP contribution in [0.4, 0.5) is 0 Å². The van der Waals surface area contributed by atoms with Gasteiger partial charge in [-0.05, 0) is 38.3 Å². The van der Waals surface area contributed by atoms with Crippen molar-refractivity contribution in [1.82, 2.24) is 15.0 Å². The van der Waals surface area contributed by atoms with Crippen LogP contribution in [0.3, 0.4) is 0 Å². The second kappa shape index (κ2) is 6.12. The Kier molecular flexibility index (Phi) is 4.17. The number of likely N-dealkylation sites (tertiary alicyclic amines) is 1. The molecule has 0 atom stereocenters. The molecular weight excluding hydrogens is 294 g/mol. The third-order valence-electron chi connectivity index (χ3n) is 4.33. The zero-order valence-corrected chi connectivity index (χ0v) is 13.5. The molecule has 23 heavy (non-hydrogen) atoms. The molecule has 2 aromatic heterocycles. The van der Waals surface area contributed by atoms with Crippen LogP contribution < -0.4 is 0 Å². The number of nitrogens with zero attached hydrogens (tertiary/aromatic N) is 3. The number of carbonyl (C=O) groups is 1. The van der Waals surface area contributed by atoms with Gasteiger partial charge in [-0.3, -0.25) is 9.78 Å². The molecule has 1 fully saturated rings. The molecule has 1 aliphatic heterocycles. The number of amides is 1. The topological polar surface area (TPSA) is 79.5 Å². The molecule has 2 aromatic rings. The van der Waals surface area contributed by atoms with E-state index in [-0.39, 0.29) is 12.3 Å². The highest BCUT2D eigenvalue weighted by molar-refractivity contribution is 5.78. The van der Waals surface area contributed by atoms with Crippen molar-refractivity contribution in [2.75, 3.05) is 13.1 Å². The summed E-state index contributed by atoms with van der Waals surface area (Å²) >= 11 is 0. The summed E-state index contributed by atoms with van der Waals surface area (Å²) in [5.41, 5.74) is 1.56. The van der Waals surface area contributed by atoms with E-state index in [0.717, 1.165) is 11.3 Å². The Labute approximate surface area is 135 Å². The van der Waals surface area contributed by atoms with Crippen molar-refractivity contribution in [2.24, 2.45) is 0 Å². The van der Waals surface area contributed by atoms with Gasteiger partial charge in [0.2, 0.25) is 5.91 Å². The summed E-state index contributed by atoms with van der Waals surface area (Å²) in [6.45, 7) is 4.82.